The van der Waals surface area contributed by atoms with E-state index in [4.69, 9.17) is 4.74 Å². The summed E-state index contributed by atoms with van der Waals surface area (Å²) in [6, 6.07) is 8.90. The second kappa shape index (κ2) is 9.57. The molecule has 1 N–H and O–H groups in total. The van der Waals surface area contributed by atoms with Gasteiger partial charge in [0.05, 0.1) is 18.4 Å². The van der Waals surface area contributed by atoms with Crippen LogP contribution in [0.3, 0.4) is 0 Å². The zero-order chi connectivity index (χ0) is 22.5. The predicted octanol–water partition coefficient (Wildman–Crippen LogP) is 4.99. The highest BCUT2D eigenvalue weighted by Crippen LogP contribution is 2.38. The first-order chi connectivity index (χ1) is 14.9. The quantitative estimate of drug-likeness (QED) is 0.506. The number of aromatic nitrogens is 1. The summed E-state index contributed by atoms with van der Waals surface area (Å²) in [5, 5.41) is 3.72. The second-order valence-electron chi connectivity index (χ2n) is 7.01. The van der Waals surface area contributed by atoms with Crippen molar-refractivity contribution in [3.05, 3.63) is 77.3 Å². The molecule has 1 aromatic carbocycles. The molecular weight excluding hydrogens is 410 g/mol. The van der Waals surface area contributed by atoms with Crippen molar-refractivity contribution in [3.63, 3.8) is 0 Å². The summed E-state index contributed by atoms with van der Waals surface area (Å²) >= 11 is 1.27. The molecule has 0 fully saturated rings. The third kappa shape index (κ3) is 4.51. The topological polar surface area (TPSA) is 71.5 Å². The number of thiophene rings is 1. The number of aryl methyl sites for hydroxylation is 2. The minimum atomic E-state index is -0.356. The Morgan fingerprint density at radius 3 is 2.52 bits per heavy atom. The number of amides is 2. The van der Waals surface area contributed by atoms with Crippen molar-refractivity contribution in [1.29, 1.82) is 0 Å². The number of hydrogen-bond acceptors (Lipinski definition) is 5. The fraction of sp³-hybridized carbons (Fsp3) is 0.208. The Labute approximate surface area is 185 Å². The third-order valence-electron chi connectivity index (χ3n) is 4.76. The highest BCUT2D eigenvalue weighted by molar-refractivity contribution is 7.21. The lowest BCUT2D eigenvalue weighted by atomic mass is 10.1. The fourth-order valence-electron chi connectivity index (χ4n) is 3.42. The van der Waals surface area contributed by atoms with Gasteiger partial charge in [0.1, 0.15) is 15.5 Å². The maximum absolute atomic E-state index is 13.4. The van der Waals surface area contributed by atoms with Gasteiger partial charge in [0.2, 0.25) is 0 Å². The first-order valence-electron chi connectivity index (χ1n) is 9.77. The zero-order valence-corrected chi connectivity index (χ0v) is 18.7. The molecule has 3 aromatic rings. The van der Waals surface area contributed by atoms with Crippen LogP contribution in [0.15, 0.2) is 55.6 Å². The molecule has 0 aliphatic carbocycles. The van der Waals surface area contributed by atoms with Crippen LogP contribution in [-0.4, -0.2) is 41.9 Å². The molecule has 0 bridgehead atoms. The fourth-order valence-corrected chi connectivity index (χ4v) is 4.64. The van der Waals surface area contributed by atoms with Gasteiger partial charge in [-0.05, 0) is 37.6 Å². The van der Waals surface area contributed by atoms with Gasteiger partial charge in [-0.2, -0.15) is 0 Å². The van der Waals surface area contributed by atoms with Gasteiger partial charge in [0.15, 0.2) is 0 Å². The van der Waals surface area contributed by atoms with Crippen LogP contribution in [-0.2, 0) is 0 Å². The highest BCUT2D eigenvalue weighted by Gasteiger charge is 2.26. The van der Waals surface area contributed by atoms with Gasteiger partial charge in [-0.3, -0.25) is 9.59 Å². The molecule has 160 valence electrons. The van der Waals surface area contributed by atoms with Crippen LogP contribution < -0.4 is 10.1 Å². The van der Waals surface area contributed by atoms with Gasteiger partial charge >= 0.3 is 0 Å². The van der Waals surface area contributed by atoms with Crippen LogP contribution >= 0.6 is 11.3 Å². The van der Waals surface area contributed by atoms with Gasteiger partial charge in [-0.25, -0.2) is 4.98 Å². The molecule has 0 spiro atoms. The van der Waals surface area contributed by atoms with E-state index >= 15 is 0 Å². The van der Waals surface area contributed by atoms with Crippen molar-refractivity contribution in [2.45, 2.75) is 13.8 Å². The summed E-state index contributed by atoms with van der Waals surface area (Å²) in [4.78, 5) is 33.9. The lowest BCUT2D eigenvalue weighted by Crippen LogP contribution is -2.31. The summed E-state index contributed by atoms with van der Waals surface area (Å²) < 4.78 is 5.32. The van der Waals surface area contributed by atoms with E-state index in [9.17, 15) is 9.59 Å². The molecule has 7 heteroatoms. The molecule has 6 nitrogen and oxygen atoms in total. The van der Waals surface area contributed by atoms with E-state index in [1.54, 1.807) is 41.3 Å². The van der Waals surface area contributed by atoms with E-state index in [0.29, 0.717) is 39.8 Å². The maximum Gasteiger partial charge on any atom is 0.266 e. The SMILES string of the molecule is C=CCN(CC=C)C(=O)c1sc2nc(C)cc(C)c2c1NC(=O)c1ccccc1OC. The van der Waals surface area contributed by atoms with E-state index in [0.717, 1.165) is 16.6 Å². The van der Waals surface area contributed by atoms with Crippen molar-refractivity contribution < 1.29 is 14.3 Å². The van der Waals surface area contributed by atoms with Crippen LogP contribution in [0.5, 0.6) is 5.75 Å². The number of ether oxygens (including phenoxy) is 1. The molecule has 0 radical (unpaired) electrons. The van der Waals surface area contributed by atoms with Crippen LogP contribution in [0, 0.1) is 13.8 Å². The van der Waals surface area contributed by atoms with Crippen LogP contribution in [0.4, 0.5) is 5.69 Å². The van der Waals surface area contributed by atoms with E-state index in [1.807, 2.05) is 19.9 Å². The Bertz CT molecular complexity index is 1160. The lowest BCUT2D eigenvalue weighted by Gasteiger charge is -2.19. The summed E-state index contributed by atoms with van der Waals surface area (Å²) in [5.41, 5.74) is 2.63. The molecular formula is C24H25N3O3S. The van der Waals surface area contributed by atoms with Crippen LogP contribution in [0.25, 0.3) is 10.2 Å². The maximum atomic E-state index is 13.4. The Balaban J connectivity index is 2.15. The van der Waals surface area contributed by atoms with Crippen LogP contribution in [0.1, 0.15) is 31.3 Å². The van der Waals surface area contributed by atoms with Crippen molar-refractivity contribution in [3.8, 4) is 5.75 Å². The highest BCUT2D eigenvalue weighted by atomic mass is 32.1. The predicted molar refractivity (Wildman–Crippen MR) is 126 cm³/mol. The number of carbonyl (C=O) groups is 2. The Kier molecular flexibility index (Phi) is 6.87. The monoisotopic (exact) mass is 435 g/mol. The number of carbonyl (C=O) groups excluding carboxylic acids is 2. The van der Waals surface area contributed by atoms with E-state index in [1.165, 1.54) is 18.4 Å². The molecule has 0 atom stereocenters. The van der Waals surface area contributed by atoms with E-state index in [-0.39, 0.29) is 11.8 Å². The molecule has 31 heavy (non-hydrogen) atoms. The van der Waals surface area contributed by atoms with Gasteiger partial charge in [0.25, 0.3) is 11.8 Å². The molecule has 2 aromatic heterocycles. The molecule has 2 amide bonds. The van der Waals surface area contributed by atoms with E-state index in [2.05, 4.69) is 23.5 Å². The van der Waals surface area contributed by atoms with Crippen molar-refractivity contribution >= 4 is 39.1 Å². The standard InChI is InChI=1S/C24H25N3O3S/c1-6-12-27(13-7-2)24(29)21-20(19-15(3)14-16(4)25-23(19)31-21)26-22(28)17-10-8-9-11-18(17)30-5/h6-11,14H,1-2,12-13H2,3-5H3,(H,26,28). The second-order valence-corrected chi connectivity index (χ2v) is 8.01. The average molecular weight is 436 g/mol. The Morgan fingerprint density at radius 2 is 1.87 bits per heavy atom. The molecule has 0 saturated carbocycles. The minimum absolute atomic E-state index is 0.213. The molecule has 0 saturated heterocycles. The number of benzene rings is 1. The molecule has 0 aliphatic rings. The number of nitrogens with one attached hydrogen (secondary N) is 1. The average Bonchev–Trinajstić information content (AvgIpc) is 3.11. The number of hydrogen-bond donors (Lipinski definition) is 1. The van der Waals surface area contributed by atoms with Gasteiger partial charge in [-0.1, -0.05) is 24.3 Å². The summed E-state index contributed by atoms with van der Waals surface area (Å²) in [5.74, 6) is -0.113. The summed E-state index contributed by atoms with van der Waals surface area (Å²) in [6.07, 6.45) is 3.32. The Morgan fingerprint density at radius 1 is 1.19 bits per heavy atom. The normalized spacial score (nSPS) is 10.5. The van der Waals surface area contributed by atoms with Gasteiger partial charge in [-0.15, -0.1) is 24.5 Å². The minimum Gasteiger partial charge on any atom is -0.496 e. The van der Waals surface area contributed by atoms with Crippen molar-refractivity contribution in [2.24, 2.45) is 0 Å². The first kappa shape index (κ1) is 22.2. The number of rotatable bonds is 8. The number of fused-ring (bicyclic) bond motifs is 1. The van der Waals surface area contributed by atoms with Crippen molar-refractivity contribution in [2.75, 3.05) is 25.5 Å². The molecule has 0 aliphatic heterocycles. The third-order valence-corrected chi connectivity index (χ3v) is 5.83. The number of nitrogens with zero attached hydrogens (tertiary/aromatic N) is 2. The first-order valence-corrected chi connectivity index (χ1v) is 10.6. The molecule has 0 unspecified atom stereocenters. The van der Waals surface area contributed by atoms with Gasteiger partial charge in [0, 0.05) is 24.2 Å². The van der Waals surface area contributed by atoms with Crippen molar-refractivity contribution in [1.82, 2.24) is 9.88 Å². The van der Waals surface area contributed by atoms with E-state index < -0.39 is 0 Å². The number of pyridine rings is 1. The smallest absolute Gasteiger partial charge is 0.266 e. The van der Waals surface area contributed by atoms with Gasteiger partial charge < -0.3 is 15.0 Å². The molecule has 3 rings (SSSR count). The largest absolute Gasteiger partial charge is 0.496 e. The zero-order valence-electron chi connectivity index (χ0n) is 17.9. The lowest BCUT2D eigenvalue weighted by molar-refractivity contribution is 0.0796. The molecule has 2 heterocycles. The number of anilines is 1. The summed E-state index contributed by atoms with van der Waals surface area (Å²) in [7, 11) is 1.51. The van der Waals surface area contributed by atoms with Crippen LogP contribution in [0.2, 0.25) is 0 Å². The number of methoxy groups -OCH3 is 1. The number of para-hydroxylation sites is 1. The Hall–Kier alpha value is -3.45. The summed E-state index contributed by atoms with van der Waals surface area (Å²) in [6.45, 7) is 12.1.